The van der Waals surface area contributed by atoms with E-state index in [1.807, 2.05) is 0 Å². The fraction of sp³-hybridized carbons (Fsp3) is 0.800. The Morgan fingerprint density at radius 2 is 2.10 bits per heavy atom. The zero-order valence-corrected chi connectivity index (χ0v) is 14.7. The van der Waals surface area contributed by atoms with Crippen LogP contribution in [0, 0.1) is 0 Å². The first-order valence-electron chi connectivity index (χ1n) is 7.64. The molecule has 1 aliphatic heterocycles. The van der Waals surface area contributed by atoms with Gasteiger partial charge in [-0.05, 0) is 31.4 Å². The van der Waals surface area contributed by atoms with Crippen LogP contribution in [-0.2, 0) is 18.4 Å². The monoisotopic (exact) mass is 315 g/mol. The van der Waals surface area contributed by atoms with Crippen molar-refractivity contribution in [2.75, 3.05) is 21.3 Å². The summed E-state index contributed by atoms with van der Waals surface area (Å²) in [5.74, 6) is -0.171. The smallest absolute Gasteiger partial charge is 0.372 e. The van der Waals surface area contributed by atoms with Gasteiger partial charge in [-0.25, -0.2) is 0 Å². The van der Waals surface area contributed by atoms with E-state index in [9.17, 15) is 4.79 Å². The first-order valence-corrected chi connectivity index (χ1v) is 9.66. The second kappa shape index (κ2) is 8.08. The van der Waals surface area contributed by atoms with E-state index in [2.05, 4.69) is 18.8 Å². The van der Waals surface area contributed by atoms with E-state index in [1.165, 1.54) is 6.08 Å². The first kappa shape index (κ1) is 18.4. The van der Waals surface area contributed by atoms with Gasteiger partial charge in [0, 0.05) is 21.3 Å². The lowest BCUT2D eigenvalue weighted by atomic mass is 9.98. The summed E-state index contributed by atoms with van der Waals surface area (Å²) in [6, 6.07) is 0.790. The van der Waals surface area contributed by atoms with Gasteiger partial charge >= 0.3 is 8.56 Å². The third-order valence-corrected chi connectivity index (χ3v) is 9.06. The molecule has 1 amide bonds. The average molecular weight is 315 g/mol. The van der Waals surface area contributed by atoms with Gasteiger partial charge in [-0.2, -0.15) is 0 Å². The van der Waals surface area contributed by atoms with Crippen LogP contribution in [-0.4, -0.2) is 47.1 Å². The van der Waals surface area contributed by atoms with E-state index in [-0.39, 0.29) is 11.9 Å². The van der Waals surface area contributed by atoms with Crippen molar-refractivity contribution in [2.45, 2.75) is 56.3 Å². The molecule has 1 aliphatic rings. The van der Waals surface area contributed by atoms with Crippen molar-refractivity contribution in [3.63, 3.8) is 0 Å². The second-order valence-corrected chi connectivity index (χ2v) is 9.18. The zero-order valence-electron chi connectivity index (χ0n) is 13.7. The fourth-order valence-electron chi connectivity index (χ4n) is 3.51. The molecule has 1 saturated heterocycles. The Balaban J connectivity index is 3.19. The number of unbranched alkanes of at least 4 members (excludes halogenated alkanes) is 1. The third-order valence-electron chi connectivity index (χ3n) is 4.63. The van der Waals surface area contributed by atoms with Gasteiger partial charge in [0.1, 0.15) is 5.22 Å². The van der Waals surface area contributed by atoms with Gasteiger partial charge in [0.25, 0.3) is 0 Å². The van der Waals surface area contributed by atoms with Crippen molar-refractivity contribution in [1.29, 1.82) is 0 Å². The maximum atomic E-state index is 11.8. The standard InChI is InChI=1S/C15H29NO4Si/c1-6-8-11-15(18-3)13(16-14(17)7-2)10-9-12-21(15,19-4)20-5/h7,13H,2,6,8-12H2,1,3-5H3,(H,16,17). The number of carbonyl (C=O) groups excluding carboxylic acids is 1. The molecule has 5 nitrogen and oxygen atoms in total. The molecule has 122 valence electrons. The van der Waals surface area contributed by atoms with E-state index in [0.717, 1.165) is 38.1 Å². The van der Waals surface area contributed by atoms with Crippen LogP contribution in [0.15, 0.2) is 12.7 Å². The van der Waals surface area contributed by atoms with Gasteiger partial charge < -0.3 is 18.9 Å². The summed E-state index contributed by atoms with van der Waals surface area (Å²) >= 11 is 0. The molecule has 1 fully saturated rings. The summed E-state index contributed by atoms with van der Waals surface area (Å²) in [4.78, 5) is 11.8. The molecule has 0 aromatic rings. The molecular formula is C15H29NO4Si. The van der Waals surface area contributed by atoms with Crippen molar-refractivity contribution in [3.05, 3.63) is 12.7 Å². The normalized spacial score (nSPS) is 28.1. The third kappa shape index (κ3) is 3.39. The number of hydrogen-bond acceptors (Lipinski definition) is 4. The number of nitrogens with one attached hydrogen (secondary N) is 1. The van der Waals surface area contributed by atoms with Crippen molar-refractivity contribution in [3.8, 4) is 0 Å². The lowest BCUT2D eigenvalue weighted by Crippen LogP contribution is -2.73. The van der Waals surface area contributed by atoms with Crippen LogP contribution >= 0.6 is 0 Å². The summed E-state index contributed by atoms with van der Waals surface area (Å²) in [7, 11) is 2.54. The molecule has 2 unspecified atom stereocenters. The van der Waals surface area contributed by atoms with Crippen LogP contribution < -0.4 is 5.32 Å². The summed E-state index contributed by atoms with van der Waals surface area (Å²) in [5.41, 5.74) is 0. The SMILES string of the molecule is C=CC(=O)NC1CCC[Si](OC)(OC)C1(CCCC)OC. The molecular weight excluding hydrogens is 286 g/mol. The van der Waals surface area contributed by atoms with Gasteiger partial charge in [0.15, 0.2) is 0 Å². The Labute approximate surface area is 129 Å². The fourth-order valence-corrected chi connectivity index (χ4v) is 7.48. The van der Waals surface area contributed by atoms with Gasteiger partial charge in [-0.1, -0.05) is 26.3 Å². The first-order chi connectivity index (χ1) is 10.1. The highest BCUT2D eigenvalue weighted by atomic mass is 28.4. The molecule has 1 heterocycles. The summed E-state index contributed by atoms with van der Waals surface area (Å²) in [6.45, 7) is 5.68. The van der Waals surface area contributed by atoms with Crippen molar-refractivity contribution in [1.82, 2.24) is 5.32 Å². The number of hydrogen-bond donors (Lipinski definition) is 1. The Bertz CT molecular complexity index is 360. The predicted molar refractivity (Wildman–Crippen MR) is 85.2 cm³/mol. The topological polar surface area (TPSA) is 56.8 Å². The lowest BCUT2D eigenvalue weighted by Gasteiger charge is -2.52. The quantitative estimate of drug-likeness (QED) is 0.551. The lowest BCUT2D eigenvalue weighted by molar-refractivity contribution is -0.120. The number of carbonyl (C=O) groups is 1. The minimum atomic E-state index is -2.56. The van der Waals surface area contributed by atoms with Gasteiger partial charge in [0.05, 0.1) is 6.04 Å². The van der Waals surface area contributed by atoms with Crippen molar-refractivity contribution >= 4 is 14.5 Å². The minimum absolute atomic E-state index is 0.0973. The maximum absolute atomic E-state index is 11.8. The van der Waals surface area contributed by atoms with E-state index in [4.69, 9.17) is 13.6 Å². The molecule has 2 atom stereocenters. The molecule has 0 aliphatic carbocycles. The number of amides is 1. The second-order valence-electron chi connectivity index (χ2n) is 5.52. The predicted octanol–water partition coefficient (Wildman–Crippen LogP) is 2.30. The Morgan fingerprint density at radius 1 is 1.43 bits per heavy atom. The molecule has 0 radical (unpaired) electrons. The summed E-state index contributed by atoms with van der Waals surface area (Å²) in [6.07, 6.45) is 6.04. The molecule has 0 aromatic heterocycles. The molecule has 21 heavy (non-hydrogen) atoms. The number of ether oxygens (including phenoxy) is 1. The Kier molecular flexibility index (Phi) is 7.06. The molecule has 0 bridgehead atoms. The van der Waals surface area contributed by atoms with E-state index in [1.54, 1.807) is 21.3 Å². The zero-order chi connectivity index (χ0) is 15.9. The molecule has 0 spiro atoms. The largest absolute Gasteiger partial charge is 0.396 e. The average Bonchev–Trinajstić information content (AvgIpc) is 2.53. The van der Waals surface area contributed by atoms with E-state index >= 15 is 0 Å². The molecule has 6 heteroatoms. The van der Waals surface area contributed by atoms with Crippen LogP contribution in [0.5, 0.6) is 0 Å². The van der Waals surface area contributed by atoms with Gasteiger partial charge in [-0.15, -0.1) is 0 Å². The molecule has 0 aromatic carbocycles. The van der Waals surface area contributed by atoms with E-state index < -0.39 is 13.8 Å². The van der Waals surface area contributed by atoms with Gasteiger partial charge in [-0.3, -0.25) is 4.79 Å². The Hall–Kier alpha value is -0.693. The highest BCUT2D eigenvalue weighted by Gasteiger charge is 2.63. The van der Waals surface area contributed by atoms with Crippen LogP contribution in [0.3, 0.4) is 0 Å². The van der Waals surface area contributed by atoms with Gasteiger partial charge in [0.2, 0.25) is 5.91 Å². The Morgan fingerprint density at radius 3 is 2.57 bits per heavy atom. The van der Waals surface area contributed by atoms with Crippen molar-refractivity contribution in [2.24, 2.45) is 0 Å². The van der Waals surface area contributed by atoms with E-state index in [0.29, 0.717) is 0 Å². The highest BCUT2D eigenvalue weighted by molar-refractivity contribution is 6.71. The molecule has 1 N–H and O–H groups in total. The highest BCUT2D eigenvalue weighted by Crippen LogP contribution is 2.43. The molecule has 0 saturated carbocycles. The van der Waals surface area contributed by atoms with Crippen molar-refractivity contribution < 1.29 is 18.4 Å². The van der Waals surface area contributed by atoms with Crippen LogP contribution in [0.2, 0.25) is 6.04 Å². The van der Waals surface area contributed by atoms with Crippen LogP contribution in [0.25, 0.3) is 0 Å². The molecule has 1 rings (SSSR count). The summed E-state index contributed by atoms with van der Waals surface area (Å²) < 4.78 is 17.8. The minimum Gasteiger partial charge on any atom is -0.396 e. The van der Waals surface area contributed by atoms with Crippen LogP contribution in [0.1, 0.15) is 39.0 Å². The number of rotatable bonds is 8. The van der Waals surface area contributed by atoms with Crippen LogP contribution in [0.4, 0.5) is 0 Å². The summed E-state index contributed by atoms with van der Waals surface area (Å²) in [5, 5.41) is 2.48. The number of methoxy groups -OCH3 is 1. The maximum Gasteiger partial charge on any atom is 0.372 e.